The van der Waals surface area contributed by atoms with Crippen LogP contribution in [0.4, 0.5) is 11.4 Å². The van der Waals surface area contributed by atoms with Crippen molar-refractivity contribution in [1.82, 2.24) is 0 Å². The molecule has 3 N–H and O–H groups in total. The second kappa shape index (κ2) is 20.5. The van der Waals surface area contributed by atoms with E-state index in [1.165, 1.54) is 6.07 Å². The minimum Gasteiger partial charge on any atom is -0.489 e. The van der Waals surface area contributed by atoms with Crippen LogP contribution in [0.15, 0.2) is 150 Å². The van der Waals surface area contributed by atoms with Crippen LogP contribution in [0.2, 0.25) is 5.02 Å². The lowest BCUT2D eigenvalue weighted by Crippen LogP contribution is -2.17. The number of carbonyl (C=O) groups excluding carboxylic acids is 3. The van der Waals surface area contributed by atoms with Gasteiger partial charge in [-0.3, -0.25) is 9.59 Å². The van der Waals surface area contributed by atoms with E-state index in [9.17, 15) is 24.3 Å². The molecule has 0 aliphatic heterocycles. The van der Waals surface area contributed by atoms with E-state index in [4.69, 9.17) is 25.8 Å². The second-order valence-corrected chi connectivity index (χ2v) is 13.9. The normalized spacial score (nSPS) is 10.4. The van der Waals surface area contributed by atoms with E-state index in [0.717, 1.165) is 11.1 Å². The summed E-state index contributed by atoms with van der Waals surface area (Å²) in [5.74, 6) is -1.06. The molecule has 6 rings (SSSR count). The average Bonchev–Trinajstić information content (AvgIpc) is 3.21. The minimum absolute atomic E-state index is 0.0144. The molecule has 0 fully saturated rings. The highest BCUT2D eigenvalue weighted by atomic mass is 79.9. The lowest BCUT2D eigenvalue weighted by Gasteiger charge is -2.13. The number of halogens is 2. The van der Waals surface area contributed by atoms with Gasteiger partial charge in [0.25, 0.3) is 11.8 Å². The van der Waals surface area contributed by atoms with Gasteiger partial charge in [0, 0.05) is 15.6 Å². The first-order valence-corrected chi connectivity index (χ1v) is 18.8. The smallest absolute Gasteiger partial charge is 0.340 e. The molecule has 2 amide bonds. The fourth-order valence-electron chi connectivity index (χ4n) is 5.16. The number of esters is 1. The Balaban J connectivity index is 0.000000219. The number of carboxylic acids is 1. The zero-order valence-corrected chi connectivity index (χ0v) is 33.3. The maximum atomic E-state index is 12.6. The monoisotopic (exact) mass is 848 g/mol. The van der Waals surface area contributed by atoms with Crippen molar-refractivity contribution in [2.75, 3.05) is 10.6 Å². The number of amides is 2. The molecule has 0 aromatic heterocycles. The predicted octanol–water partition coefficient (Wildman–Crippen LogP) is 10.7. The van der Waals surface area contributed by atoms with Gasteiger partial charge in [-0.2, -0.15) is 0 Å². The lowest BCUT2D eigenvalue weighted by molar-refractivity contribution is 0.0378. The quantitative estimate of drug-likeness (QED) is 0.0976. The summed E-state index contributed by atoms with van der Waals surface area (Å²) in [6.07, 6.45) is -0.248. The number of benzene rings is 6. The van der Waals surface area contributed by atoms with E-state index in [2.05, 4.69) is 26.6 Å². The maximum absolute atomic E-state index is 12.6. The van der Waals surface area contributed by atoms with Crippen LogP contribution in [0.25, 0.3) is 0 Å². The Hall–Kier alpha value is -6.43. The highest BCUT2D eigenvalue weighted by Crippen LogP contribution is 2.25. The Labute approximate surface area is 343 Å². The van der Waals surface area contributed by atoms with Gasteiger partial charge in [0.05, 0.1) is 33.6 Å². The number of anilines is 2. The molecule has 0 atom stereocenters. The molecule has 0 aliphatic rings. The molecule has 0 saturated carbocycles. The van der Waals surface area contributed by atoms with Gasteiger partial charge in [-0.05, 0) is 104 Å². The third-order valence-corrected chi connectivity index (χ3v) is 8.82. The van der Waals surface area contributed by atoms with Gasteiger partial charge in [-0.15, -0.1) is 0 Å². The van der Waals surface area contributed by atoms with E-state index in [0.29, 0.717) is 56.6 Å². The fourth-order valence-corrected chi connectivity index (χ4v) is 5.71. The fraction of sp³-hybridized carbons (Fsp3) is 0.111. The first-order valence-electron chi connectivity index (χ1n) is 17.7. The molecule has 0 spiro atoms. The van der Waals surface area contributed by atoms with Gasteiger partial charge in [0.15, 0.2) is 0 Å². The van der Waals surface area contributed by atoms with Gasteiger partial charge in [-0.1, -0.05) is 94.3 Å². The SMILES string of the molecule is CC(C)OC(=O)c1ccccc1NC(=O)c1ccc(COc2ccccc2Cl)cc1.O=C(Nc1ccc(Br)cc1C(=O)O)c1ccc(OCc2ccccc2)cc1. The number of nitrogens with one attached hydrogen (secondary N) is 2. The number of carboxylic acid groups (broad SMARTS) is 1. The third-order valence-electron chi connectivity index (χ3n) is 8.01. The largest absolute Gasteiger partial charge is 0.489 e. The van der Waals surface area contributed by atoms with Crippen LogP contribution in [-0.4, -0.2) is 35.0 Å². The molecule has 57 heavy (non-hydrogen) atoms. The van der Waals surface area contributed by atoms with Crippen molar-refractivity contribution in [3.05, 3.63) is 188 Å². The third kappa shape index (κ3) is 12.5. The van der Waals surface area contributed by atoms with Crippen molar-refractivity contribution in [2.45, 2.75) is 33.2 Å². The van der Waals surface area contributed by atoms with Gasteiger partial charge in [0.2, 0.25) is 0 Å². The molecule has 10 nitrogen and oxygen atoms in total. The van der Waals surface area contributed by atoms with Crippen LogP contribution >= 0.6 is 27.5 Å². The Morgan fingerprint density at radius 2 is 1.18 bits per heavy atom. The van der Waals surface area contributed by atoms with Crippen molar-refractivity contribution in [1.29, 1.82) is 0 Å². The molecular formula is C45H38BrClN2O8. The average molecular weight is 850 g/mol. The number of carbonyl (C=O) groups is 4. The summed E-state index contributed by atoms with van der Waals surface area (Å²) in [5, 5.41) is 15.2. The van der Waals surface area contributed by atoms with Gasteiger partial charge >= 0.3 is 11.9 Å². The van der Waals surface area contributed by atoms with Gasteiger partial charge in [0.1, 0.15) is 24.7 Å². The maximum Gasteiger partial charge on any atom is 0.340 e. The summed E-state index contributed by atoms with van der Waals surface area (Å²) in [5.41, 5.74) is 3.78. The number of hydrogen-bond acceptors (Lipinski definition) is 7. The molecular weight excluding hydrogens is 812 g/mol. The standard InChI is InChI=1S/C24H22ClNO4.C21H16BrNO4/c1-16(2)30-24(28)19-7-3-5-9-21(19)26-23(27)18-13-11-17(12-14-18)15-29-22-10-6-4-8-20(22)25;22-16-8-11-19(18(12-16)21(25)26)23-20(24)15-6-9-17(10-7-15)27-13-14-4-2-1-3-5-14/h3-14,16H,15H2,1-2H3,(H,26,27);1-12H,13H2,(H,23,24)(H,25,26). The van der Waals surface area contributed by atoms with Crippen LogP contribution in [0.3, 0.4) is 0 Å². The topological polar surface area (TPSA) is 140 Å². The van der Waals surface area contributed by atoms with Crippen LogP contribution in [0.1, 0.15) is 66.4 Å². The first kappa shape index (κ1) is 41.7. The van der Waals surface area contributed by atoms with E-state index < -0.39 is 17.8 Å². The zero-order valence-electron chi connectivity index (χ0n) is 30.9. The van der Waals surface area contributed by atoms with Crippen LogP contribution in [-0.2, 0) is 18.0 Å². The molecule has 0 heterocycles. The number of aromatic carboxylic acids is 1. The predicted molar refractivity (Wildman–Crippen MR) is 223 cm³/mol. The Kier molecular flexibility index (Phi) is 15.0. The van der Waals surface area contributed by atoms with E-state index in [-0.39, 0.29) is 23.3 Å². The molecule has 0 saturated heterocycles. The minimum atomic E-state index is -1.11. The Bertz CT molecular complexity index is 2320. The number of para-hydroxylation sites is 2. The van der Waals surface area contributed by atoms with Crippen LogP contribution < -0.4 is 20.1 Å². The summed E-state index contributed by atoms with van der Waals surface area (Å²) < 4.78 is 17.3. The number of hydrogen-bond donors (Lipinski definition) is 3. The Morgan fingerprint density at radius 1 is 0.632 bits per heavy atom. The molecule has 0 radical (unpaired) electrons. The molecule has 0 aliphatic carbocycles. The van der Waals surface area contributed by atoms with Crippen molar-refractivity contribution in [3.8, 4) is 11.5 Å². The van der Waals surface area contributed by atoms with Gasteiger partial charge < -0.3 is 30.0 Å². The Morgan fingerprint density at radius 3 is 1.81 bits per heavy atom. The second-order valence-electron chi connectivity index (χ2n) is 12.6. The van der Waals surface area contributed by atoms with Crippen molar-refractivity contribution < 1.29 is 38.5 Å². The molecule has 290 valence electrons. The van der Waals surface area contributed by atoms with Crippen molar-refractivity contribution >= 4 is 62.7 Å². The van der Waals surface area contributed by atoms with E-state index >= 15 is 0 Å². The highest BCUT2D eigenvalue weighted by Gasteiger charge is 2.17. The summed E-state index contributed by atoms with van der Waals surface area (Å²) >= 11 is 9.31. The van der Waals surface area contributed by atoms with Crippen LogP contribution in [0.5, 0.6) is 11.5 Å². The number of ether oxygens (including phenoxy) is 3. The molecule has 12 heteroatoms. The van der Waals surface area contributed by atoms with Crippen molar-refractivity contribution in [3.63, 3.8) is 0 Å². The molecule has 6 aromatic carbocycles. The van der Waals surface area contributed by atoms with E-state index in [1.54, 1.807) is 98.8 Å². The zero-order chi connectivity index (χ0) is 40.7. The van der Waals surface area contributed by atoms with Crippen LogP contribution in [0, 0.1) is 0 Å². The molecule has 6 aromatic rings. The summed E-state index contributed by atoms with van der Waals surface area (Å²) in [6, 6.07) is 42.1. The van der Waals surface area contributed by atoms with Crippen molar-refractivity contribution in [2.24, 2.45) is 0 Å². The summed E-state index contributed by atoms with van der Waals surface area (Å²) in [6.45, 7) is 4.31. The first-order chi connectivity index (χ1) is 27.5. The summed E-state index contributed by atoms with van der Waals surface area (Å²) in [4.78, 5) is 48.6. The lowest BCUT2D eigenvalue weighted by atomic mass is 10.1. The highest BCUT2D eigenvalue weighted by molar-refractivity contribution is 9.10. The molecule has 0 unspecified atom stereocenters. The van der Waals surface area contributed by atoms with E-state index in [1.807, 2.05) is 54.6 Å². The molecule has 0 bridgehead atoms. The summed E-state index contributed by atoms with van der Waals surface area (Å²) in [7, 11) is 0. The number of rotatable bonds is 13. The van der Waals surface area contributed by atoms with Gasteiger partial charge in [-0.25, -0.2) is 9.59 Å².